The lowest BCUT2D eigenvalue weighted by atomic mass is 10.1. The maximum Gasteiger partial charge on any atom is 0.454 e. The van der Waals surface area contributed by atoms with Gasteiger partial charge < -0.3 is 4.57 Å². The van der Waals surface area contributed by atoms with Gasteiger partial charge in [0.25, 0.3) is 5.78 Å². The van der Waals surface area contributed by atoms with Crippen LogP contribution in [0.4, 0.5) is 13.2 Å². The summed E-state index contributed by atoms with van der Waals surface area (Å²) in [5, 5.41) is 0.296. The minimum atomic E-state index is -4.85. The number of Topliss-reactive ketones (excluding diaryl/α,β-unsaturated/α-hetero) is 1. The molecular formula is C11H7BrF3NO. The van der Waals surface area contributed by atoms with Crippen LogP contribution in [0.15, 0.2) is 28.9 Å². The number of para-hydroxylation sites is 1. The zero-order valence-electron chi connectivity index (χ0n) is 8.68. The maximum atomic E-state index is 12.4. The van der Waals surface area contributed by atoms with Crippen molar-refractivity contribution in [2.45, 2.75) is 6.18 Å². The van der Waals surface area contributed by atoms with Crippen molar-refractivity contribution in [2.24, 2.45) is 7.05 Å². The van der Waals surface area contributed by atoms with Crippen molar-refractivity contribution in [3.8, 4) is 0 Å². The highest BCUT2D eigenvalue weighted by Gasteiger charge is 2.40. The van der Waals surface area contributed by atoms with E-state index in [9.17, 15) is 18.0 Å². The molecule has 0 saturated heterocycles. The van der Waals surface area contributed by atoms with Crippen LogP contribution in [-0.2, 0) is 7.05 Å². The summed E-state index contributed by atoms with van der Waals surface area (Å²) < 4.78 is 39.4. The fraction of sp³-hybridized carbons (Fsp3) is 0.182. The van der Waals surface area contributed by atoms with Crippen molar-refractivity contribution in [3.05, 3.63) is 34.4 Å². The number of alkyl halides is 3. The van der Waals surface area contributed by atoms with E-state index in [-0.39, 0.29) is 5.56 Å². The second-order valence-electron chi connectivity index (χ2n) is 3.62. The van der Waals surface area contributed by atoms with Crippen LogP contribution >= 0.6 is 15.9 Å². The van der Waals surface area contributed by atoms with Crippen LogP contribution in [-0.4, -0.2) is 16.5 Å². The van der Waals surface area contributed by atoms with Crippen LogP contribution in [0.25, 0.3) is 10.9 Å². The van der Waals surface area contributed by atoms with Crippen molar-refractivity contribution in [3.63, 3.8) is 0 Å². The Hall–Kier alpha value is -1.30. The first-order chi connectivity index (χ1) is 7.82. The number of carbonyl (C=O) groups excluding carboxylic acids is 1. The molecule has 0 fully saturated rings. The molecule has 1 aromatic heterocycles. The minimum Gasteiger partial charge on any atom is -0.349 e. The highest BCUT2D eigenvalue weighted by atomic mass is 79.9. The summed E-state index contributed by atoms with van der Waals surface area (Å²) >= 11 is 3.25. The topological polar surface area (TPSA) is 22.0 Å². The number of hydrogen-bond donors (Lipinski definition) is 0. The fourth-order valence-electron chi connectivity index (χ4n) is 1.75. The molecule has 1 heterocycles. The Kier molecular flexibility index (Phi) is 2.77. The van der Waals surface area contributed by atoms with E-state index in [1.807, 2.05) is 0 Å². The van der Waals surface area contributed by atoms with E-state index < -0.39 is 12.0 Å². The Morgan fingerprint density at radius 1 is 1.35 bits per heavy atom. The maximum absolute atomic E-state index is 12.4. The number of halogens is 4. The van der Waals surface area contributed by atoms with Crippen molar-refractivity contribution in [1.29, 1.82) is 0 Å². The highest BCUT2D eigenvalue weighted by Crippen LogP contribution is 2.31. The van der Waals surface area contributed by atoms with Crippen LogP contribution in [0.1, 0.15) is 10.4 Å². The van der Waals surface area contributed by atoms with Crippen molar-refractivity contribution >= 4 is 32.6 Å². The monoisotopic (exact) mass is 305 g/mol. The number of benzene rings is 1. The third-order valence-electron chi connectivity index (χ3n) is 2.45. The molecule has 1 aromatic carbocycles. The molecule has 2 nitrogen and oxygen atoms in total. The Balaban J connectivity index is 2.73. The number of ketones is 1. The molecule has 0 spiro atoms. The number of carbonyl (C=O) groups is 1. The number of aromatic nitrogens is 1. The van der Waals surface area contributed by atoms with Crippen molar-refractivity contribution in [2.75, 3.05) is 0 Å². The molecule has 0 radical (unpaired) electrons. The number of rotatable bonds is 1. The molecule has 0 amide bonds. The van der Waals surface area contributed by atoms with Gasteiger partial charge in [-0.1, -0.05) is 12.1 Å². The smallest absolute Gasteiger partial charge is 0.349 e. The highest BCUT2D eigenvalue weighted by molar-refractivity contribution is 9.10. The summed E-state index contributed by atoms with van der Waals surface area (Å²) in [5.74, 6) is -1.82. The lowest BCUT2D eigenvalue weighted by Gasteiger charge is -2.03. The lowest BCUT2D eigenvalue weighted by Crippen LogP contribution is -2.22. The first kappa shape index (κ1) is 12.2. The van der Waals surface area contributed by atoms with Gasteiger partial charge in [0.15, 0.2) is 0 Å². The lowest BCUT2D eigenvalue weighted by molar-refractivity contribution is -0.0884. The van der Waals surface area contributed by atoms with E-state index in [0.717, 1.165) is 0 Å². The normalized spacial score (nSPS) is 12.1. The van der Waals surface area contributed by atoms with E-state index in [1.54, 1.807) is 19.2 Å². The molecule has 90 valence electrons. The van der Waals surface area contributed by atoms with Crippen LogP contribution in [0.3, 0.4) is 0 Å². The van der Waals surface area contributed by atoms with Gasteiger partial charge in [0, 0.05) is 23.1 Å². The van der Waals surface area contributed by atoms with E-state index in [2.05, 4.69) is 15.9 Å². The van der Waals surface area contributed by atoms with Crippen LogP contribution in [0, 0.1) is 0 Å². The molecule has 0 unspecified atom stereocenters. The Labute approximate surface area is 103 Å². The van der Waals surface area contributed by atoms with Crippen LogP contribution in [0.5, 0.6) is 0 Å². The minimum absolute atomic E-state index is 0.296. The van der Waals surface area contributed by atoms with Gasteiger partial charge in [-0.25, -0.2) is 0 Å². The molecule has 2 rings (SSSR count). The zero-order chi connectivity index (χ0) is 12.8. The Morgan fingerprint density at radius 3 is 2.59 bits per heavy atom. The van der Waals surface area contributed by atoms with Crippen LogP contribution in [0.2, 0.25) is 0 Å². The first-order valence-corrected chi connectivity index (χ1v) is 5.46. The van der Waals surface area contributed by atoms with E-state index >= 15 is 0 Å². The van der Waals surface area contributed by atoms with Gasteiger partial charge >= 0.3 is 6.18 Å². The number of nitrogens with zero attached hydrogens (tertiary/aromatic N) is 1. The predicted molar refractivity (Wildman–Crippen MR) is 61.0 cm³/mol. The summed E-state index contributed by atoms with van der Waals surface area (Å²) in [4.78, 5) is 11.3. The quantitative estimate of drug-likeness (QED) is 0.737. The summed E-state index contributed by atoms with van der Waals surface area (Å²) in [7, 11) is 1.60. The van der Waals surface area contributed by atoms with Gasteiger partial charge in [0.05, 0.1) is 11.1 Å². The van der Waals surface area contributed by atoms with E-state index in [4.69, 9.17) is 0 Å². The zero-order valence-corrected chi connectivity index (χ0v) is 10.3. The molecule has 0 bridgehead atoms. The molecule has 0 N–H and O–H groups in total. The van der Waals surface area contributed by atoms with Gasteiger partial charge in [-0.3, -0.25) is 4.79 Å². The molecule has 0 saturated carbocycles. The summed E-state index contributed by atoms with van der Waals surface area (Å²) in [6.07, 6.45) is -3.65. The second kappa shape index (κ2) is 3.87. The van der Waals surface area contributed by atoms with E-state index in [1.165, 1.54) is 16.8 Å². The van der Waals surface area contributed by atoms with Gasteiger partial charge in [0.1, 0.15) is 0 Å². The average Bonchev–Trinajstić information content (AvgIpc) is 2.55. The first-order valence-electron chi connectivity index (χ1n) is 4.67. The molecule has 6 heteroatoms. The van der Waals surface area contributed by atoms with Gasteiger partial charge in [-0.2, -0.15) is 13.2 Å². The molecule has 2 aromatic rings. The molecule has 0 aliphatic heterocycles. The number of fused-ring (bicyclic) bond motifs is 1. The number of aryl methyl sites for hydroxylation is 1. The predicted octanol–water partition coefficient (Wildman–Crippen LogP) is 3.69. The fourth-order valence-corrected chi connectivity index (χ4v) is 2.40. The van der Waals surface area contributed by atoms with Gasteiger partial charge in [0.2, 0.25) is 0 Å². The molecule has 0 atom stereocenters. The number of hydrogen-bond acceptors (Lipinski definition) is 1. The Morgan fingerprint density at radius 2 is 2.00 bits per heavy atom. The third kappa shape index (κ3) is 1.97. The molecular weight excluding hydrogens is 299 g/mol. The summed E-state index contributed by atoms with van der Waals surface area (Å²) in [6.45, 7) is 0. The SMILES string of the molecule is Cn1cc(C(=O)C(F)(F)F)c2cccc(Br)c21. The second-order valence-corrected chi connectivity index (χ2v) is 4.47. The van der Waals surface area contributed by atoms with Crippen LogP contribution < -0.4 is 0 Å². The van der Waals surface area contributed by atoms with Gasteiger partial charge in [-0.15, -0.1) is 0 Å². The van der Waals surface area contributed by atoms with Gasteiger partial charge in [-0.05, 0) is 22.0 Å². The molecule has 17 heavy (non-hydrogen) atoms. The molecule has 0 aliphatic rings. The van der Waals surface area contributed by atoms with Crippen molar-refractivity contribution < 1.29 is 18.0 Å². The molecule has 0 aliphatic carbocycles. The van der Waals surface area contributed by atoms with Crippen molar-refractivity contribution in [1.82, 2.24) is 4.57 Å². The summed E-state index contributed by atoms with van der Waals surface area (Å²) in [5.41, 5.74) is 0.247. The standard InChI is InChI=1S/C11H7BrF3NO/c1-16-5-7(10(17)11(13,14)15)6-3-2-4-8(12)9(6)16/h2-5H,1H3. The third-order valence-corrected chi connectivity index (χ3v) is 3.09. The largest absolute Gasteiger partial charge is 0.454 e. The average molecular weight is 306 g/mol. The Bertz CT molecular complexity index is 601. The van der Waals surface area contributed by atoms with E-state index in [0.29, 0.717) is 15.4 Å². The summed E-state index contributed by atoms with van der Waals surface area (Å²) in [6, 6.07) is 4.81.